The molecule has 11 heteroatoms. The molecular weight excluding hydrogens is 403 g/mol. The molecule has 0 saturated carbocycles. The molecule has 160 valence electrons. The van der Waals surface area contributed by atoms with E-state index in [0.717, 1.165) is 0 Å². The van der Waals surface area contributed by atoms with Crippen LogP contribution in [0.1, 0.15) is 26.5 Å². The van der Waals surface area contributed by atoms with Crippen molar-refractivity contribution >= 4 is 23.5 Å². The number of hydrogen-bond donors (Lipinski definition) is 1. The van der Waals surface area contributed by atoms with E-state index in [-0.39, 0.29) is 18.3 Å². The Labute approximate surface area is 170 Å². The molecule has 3 heterocycles. The van der Waals surface area contributed by atoms with Gasteiger partial charge in [-0.2, -0.15) is 5.10 Å². The molecule has 1 aromatic carbocycles. The van der Waals surface area contributed by atoms with Crippen LogP contribution in [0.25, 0.3) is 0 Å². The molecule has 2 aliphatic heterocycles. The van der Waals surface area contributed by atoms with Crippen LogP contribution < -0.4 is 10.2 Å². The highest BCUT2D eigenvalue weighted by Gasteiger charge is 2.41. The van der Waals surface area contributed by atoms with E-state index < -0.39 is 35.2 Å². The highest BCUT2D eigenvalue weighted by molar-refractivity contribution is 5.92. The van der Waals surface area contributed by atoms with Crippen LogP contribution in [0.2, 0.25) is 0 Å². The van der Waals surface area contributed by atoms with Crippen LogP contribution in [0.5, 0.6) is 0 Å². The zero-order valence-electron chi connectivity index (χ0n) is 16.6. The first-order valence-electron chi connectivity index (χ1n) is 9.33. The molecule has 0 bridgehead atoms. The molecule has 1 atom stereocenters. The number of ether oxygens (including phenoxy) is 1. The van der Waals surface area contributed by atoms with Gasteiger partial charge < -0.3 is 15.0 Å². The highest BCUT2D eigenvalue weighted by Crippen LogP contribution is 2.33. The number of carbonyl (C=O) groups is 2. The number of halogens is 3. The summed E-state index contributed by atoms with van der Waals surface area (Å²) in [5, 5.41) is 6.70. The number of fused-ring (bicyclic) bond motifs is 1. The van der Waals surface area contributed by atoms with Crippen molar-refractivity contribution in [3.8, 4) is 0 Å². The zero-order valence-corrected chi connectivity index (χ0v) is 16.6. The number of rotatable bonds is 2. The summed E-state index contributed by atoms with van der Waals surface area (Å²) in [7, 11) is 0. The Morgan fingerprint density at radius 1 is 1.27 bits per heavy atom. The molecule has 8 nitrogen and oxygen atoms in total. The van der Waals surface area contributed by atoms with E-state index in [1.165, 1.54) is 9.80 Å². The van der Waals surface area contributed by atoms with E-state index in [2.05, 4.69) is 10.4 Å². The van der Waals surface area contributed by atoms with Gasteiger partial charge in [-0.15, -0.1) is 0 Å². The molecule has 0 aliphatic carbocycles. The van der Waals surface area contributed by atoms with Gasteiger partial charge in [0.2, 0.25) is 0 Å². The summed E-state index contributed by atoms with van der Waals surface area (Å²) in [5.74, 6) is -4.40. The van der Waals surface area contributed by atoms with Gasteiger partial charge >= 0.3 is 12.1 Å². The number of benzene rings is 1. The Balaban J connectivity index is 1.57. The first-order chi connectivity index (χ1) is 14.1. The second-order valence-corrected chi connectivity index (χ2v) is 8.03. The topological polar surface area (TPSA) is 79.7 Å². The molecule has 1 saturated heterocycles. The maximum Gasteiger partial charge on any atom is 0.415 e. The average molecular weight is 423 g/mol. The van der Waals surface area contributed by atoms with Crippen molar-refractivity contribution in [1.29, 1.82) is 0 Å². The van der Waals surface area contributed by atoms with E-state index in [1.807, 2.05) is 0 Å². The second-order valence-electron chi connectivity index (χ2n) is 8.03. The minimum absolute atomic E-state index is 0.110. The lowest BCUT2D eigenvalue weighted by Crippen LogP contribution is -2.47. The number of nitrogens with one attached hydrogen (secondary N) is 1. The predicted octanol–water partition coefficient (Wildman–Crippen LogP) is 3.47. The summed E-state index contributed by atoms with van der Waals surface area (Å²) in [6.07, 6.45) is 1.05. The van der Waals surface area contributed by atoms with Crippen molar-refractivity contribution in [2.75, 3.05) is 16.8 Å². The molecule has 2 aliphatic rings. The lowest BCUT2D eigenvalue weighted by atomic mass is 10.1. The number of cyclic esters (lactones) is 1. The molecule has 30 heavy (non-hydrogen) atoms. The summed E-state index contributed by atoms with van der Waals surface area (Å²) in [4.78, 5) is 27.9. The summed E-state index contributed by atoms with van der Waals surface area (Å²) in [6.45, 7) is 6.19. The van der Waals surface area contributed by atoms with E-state index in [0.29, 0.717) is 36.6 Å². The molecular formula is C19H20F3N5O3. The third kappa shape index (κ3) is 3.44. The predicted molar refractivity (Wildman–Crippen MR) is 100 cm³/mol. The van der Waals surface area contributed by atoms with Gasteiger partial charge in [-0.25, -0.2) is 22.8 Å². The molecule has 1 aromatic heterocycles. The minimum Gasteiger partial charge on any atom is -0.441 e. The third-order valence-electron chi connectivity index (χ3n) is 5.13. The first kappa shape index (κ1) is 20.0. The fourth-order valence-electron chi connectivity index (χ4n) is 3.66. The van der Waals surface area contributed by atoms with Gasteiger partial charge in [-0.1, -0.05) is 0 Å². The Hall–Kier alpha value is -3.24. The summed E-state index contributed by atoms with van der Waals surface area (Å²) in [5.41, 5.74) is 0.318. The number of carbonyl (C=O) groups excluding carboxylic acids is 2. The van der Waals surface area contributed by atoms with Gasteiger partial charge in [0.05, 0.1) is 43.3 Å². The van der Waals surface area contributed by atoms with Crippen LogP contribution in [0.15, 0.2) is 18.3 Å². The number of hydrogen-bond acceptors (Lipinski definition) is 4. The molecule has 0 spiro atoms. The number of amides is 3. The Bertz CT molecular complexity index is 1020. The normalized spacial score (nSPS) is 20.2. The van der Waals surface area contributed by atoms with Crippen molar-refractivity contribution < 1.29 is 27.5 Å². The van der Waals surface area contributed by atoms with Gasteiger partial charge in [0.25, 0.3) is 0 Å². The lowest BCUT2D eigenvalue weighted by molar-refractivity contribution is 0.0871. The van der Waals surface area contributed by atoms with E-state index in [1.54, 1.807) is 31.6 Å². The monoisotopic (exact) mass is 423 g/mol. The summed E-state index contributed by atoms with van der Waals surface area (Å²) < 4.78 is 47.1. The van der Waals surface area contributed by atoms with Gasteiger partial charge in [0.15, 0.2) is 17.5 Å². The van der Waals surface area contributed by atoms with E-state index >= 15 is 0 Å². The SMILES string of the molecule is C[C@H]1Cn2ncc(N3CC(C)(C)OC3=O)c2CN1C(=O)Nc1cc(F)c(F)c(F)c1. The fraction of sp³-hybridized carbons (Fsp3) is 0.421. The average Bonchev–Trinajstić information content (AvgIpc) is 3.17. The quantitative estimate of drug-likeness (QED) is 0.751. The smallest absolute Gasteiger partial charge is 0.415 e. The fourth-order valence-corrected chi connectivity index (χ4v) is 3.66. The molecule has 2 aromatic rings. The molecule has 0 radical (unpaired) electrons. The van der Waals surface area contributed by atoms with Crippen LogP contribution in [-0.2, 0) is 17.8 Å². The zero-order chi connectivity index (χ0) is 21.8. The maximum absolute atomic E-state index is 13.4. The molecule has 1 fully saturated rings. The van der Waals surface area contributed by atoms with Crippen LogP contribution in [0, 0.1) is 17.5 Å². The maximum atomic E-state index is 13.4. The Morgan fingerprint density at radius 2 is 1.93 bits per heavy atom. The summed E-state index contributed by atoms with van der Waals surface area (Å²) in [6, 6.07) is 0.518. The minimum atomic E-state index is -1.60. The van der Waals surface area contributed by atoms with E-state index in [9.17, 15) is 22.8 Å². The number of nitrogens with zero attached hydrogens (tertiary/aromatic N) is 4. The molecule has 1 N–H and O–H groups in total. The number of anilines is 2. The Kier molecular flexibility index (Phi) is 4.63. The van der Waals surface area contributed by atoms with Crippen LogP contribution in [-0.4, -0.2) is 45.0 Å². The molecule has 4 rings (SSSR count). The van der Waals surface area contributed by atoms with Gasteiger partial charge in [0, 0.05) is 17.8 Å². The lowest BCUT2D eigenvalue weighted by Gasteiger charge is -2.34. The third-order valence-corrected chi connectivity index (χ3v) is 5.13. The van der Waals surface area contributed by atoms with Crippen molar-refractivity contribution in [1.82, 2.24) is 14.7 Å². The van der Waals surface area contributed by atoms with E-state index in [4.69, 9.17) is 4.74 Å². The molecule has 3 amide bonds. The van der Waals surface area contributed by atoms with Crippen molar-refractivity contribution in [2.24, 2.45) is 0 Å². The van der Waals surface area contributed by atoms with Gasteiger partial charge in [0.1, 0.15) is 5.60 Å². The second kappa shape index (κ2) is 6.92. The number of urea groups is 1. The largest absolute Gasteiger partial charge is 0.441 e. The van der Waals surface area contributed by atoms with Crippen LogP contribution >= 0.6 is 0 Å². The highest BCUT2D eigenvalue weighted by atomic mass is 19.2. The van der Waals surface area contributed by atoms with Crippen molar-refractivity contribution in [2.45, 2.75) is 45.5 Å². The van der Waals surface area contributed by atoms with Gasteiger partial charge in [-0.3, -0.25) is 9.58 Å². The van der Waals surface area contributed by atoms with Crippen molar-refractivity contribution in [3.05, 3.63) is 41.5 Å². The Morgan fingerprint density at radius 3 is 2.53 bits per heavy atom. The standard InChI is InChI=1S/C19H20F3N5O3/c1-10-7-27-15(14(6-23-27)26-9-19(2,3)30-18(26)29)8-25(10)17(28)24-11-4-12(20)16(22)13(21)5-11/h4-6,10H,7-9H2,1-3H3,(H,24,28)/t10-/m0/s1. The van der Waals surface area contributed by atoms with Crippen LogP contribution in [0.3, 0.4) is 0 Å². The first-order valence-corrected chi connectivity index (χ1v) is 9.33. The van der Waals surface area contributed by atoms with Gasteiger partial charge in [-0.05, 0) is 20.8 Å². The van der Waals surface area contributed by atoms with Crippen molar-refractivity contribution in [3.63, 3.8) is 0 Å². The molecule has 0 unspecified atom stereocenters. The van der Waals surface area contributed by atoms with Crippen LogP contribution in [0.4, 0.5) is 34.1 Å². The summed E-state index contributed by atoms with van der Waals surface area (Å²) >= 11 is 0. The number of aromatic nitrogens is 2.